The number of carbonyl (C=O) groups excluding carboxylic acids is 3. The minimum absolute atomic E-state index is 0.296. The molecular weight excluding hydrogens is 367 g/mol. The van der Waals surface area contributed by atoms with E-state index < -0.39 is 18.0 Å². The molecule has 1 fully saturated rings. The summed E-state index contributed by atoms with van der Waals surface area (Å²) in [7, 11) is 0. The van der Waals surface area contributed by atoms with Crippen molar-refractivity contribution in [3.05, 3.63) is 35.6 Å². The van der Waals surface area contributed by atoms with Crippen molar-refractivity contribution in [2.45, 2.75) is 33.3 Å². The third kappa shape index (κ3) is 5.94. The Kier molecular flexibility index (Phi) is 7.78. The van der Waals surface area contributed by atoms with Crippen LogP contribution in [0, 0.1) is 11.7 Å². The quantitative estimate of drug-likeness (QED) is 0.692. The summed E-state index contributed by atoms with van der Waals surface area (Å²) in [5, 5.41) is 0. The highest BCUT2D eigenvalue weighted by atomic mass is 19.1. The van der Waals surface area contributed by atoms with Crippen molar-refractivity contribution in [2.75, 3.05) is 32.8 Å². The normalized spacial score (nSPS) is 16.3. The van der Waals surface area contributed by atoms with E-state index in [0.717, 1.165) is 0 Å². The lowest BCUT2D eigenvalue weighted by Gasteiger charge is -2.35. The van der Waals surface area contributed by atoms with Crippen molar-refractivity contribution >= 4 is 18.0 Å². The van der Waals surface area contributed by atoms with Crippen molar-refractivity contribution in [1.29, 1.82) is 0 Å². The zero-order valence-corrected chi connectivity index (χ0v) is 16.5. The zero-order valence-electron chi connectivity index (χ0n) is 16.5. The number of benzene rings is 1. The van der Waals surface area contributed by atoms with Gasteiger partial charge in [-0.05, 0) is 38.0 Å². The van der Waals surface area contributed by atoms with Crippen LogP contribution in [0.2, 0.25) is 0 Å². The van der Waals surface area contributed by atoms with Gasteiger partial charge in [-0.25, -0.2) is 9.18 Å². The molecule has 2 unspecified atom stereocenters. The van der Waals surface area contributed by atoms with Crippen LogP contribution in [0.3, 0.4) is 0 Å². The van der Waals surface area contributed by atoms with Gasteiger partial charge in [0, 0.05) is 26.2 Å². The lowest BCUT2D eigenvalue weighted by atomic mass is 10.0. The molecule has 2 atom stereocenters. The van der Waals surface area contributed by atoms with E-state index in [1.54, 1.807) is 35.8 Å². The van der Waals surface area contributed by atoms with Crippen LogP contribution in [0.4, 0.5) is 9.18 Å². The van der Waals surface area contributed by atoms with Gasteiger partial charge in [-0.15, -0.1) is 0 Å². The molecule has 0 aliphatic carbocycles. The SMILES string of the molecule is CCOC(=O)N1CCN(C(=O)C(C)OC(=O)C(C)Cc2cccc(F)c2)CC1. The second kappa shape index (κ2) is 10.1. The van der Waals surface area contributed by atoms with E-state index in [1.165, 1.54) is 19.1 Å². The van der Waals surface area contributed by atoms with Crippen molar-refractivity contribution < 1.29 is 28.2 Å². The average Bonchev–Trinajstić information content (AvgIpc) is 2.67. The number of esters is 1. The lowest BCUT2D eigenvalue weighted by molar-refractivity contribution is -0.162. The molecule has 1 saturated heterocycles. The van der Waals surface area contributed by atoms with Crippen LogP contribution >= 0.6 is 0 Å². The van der Waals surface area contributed by atoms with Crippen LogP contribution in [0.5, 0.6) is 0 Å². The highest BCUT2D eigenvalue weighted by Gasteiger charge is 2.30. The maximum atomic E-state index is 13.3. The molecule has 1 heterocycles. The Hall–Kier alpha value is -2.64. The number of amides is 2. The van der Waals surface area contributed by atoms with Gasteiger partial charge in [-0.3, -0.25) is 9.59 Å². The van der Waals surface area contributed by atoms with Gasteiger partial charge in [0.05, 0.1) is 12.5 Å². The molecule has 0 bridgehead atoms. The van der Waals surface area contributed by atoms with E-state index in [4.69, 9.17) is 9.47 Å². The van der Waals surface area contributed by atoms with Gasteiger partial charge in [0.25, 0.3) is 5.91 Å². The topological polar surface area (TPSA) is 76.2 Å². The number of nitrogens with zero attached hydrogens (tertiary/aromatic N) is 2. The van der Waals surface area contributed by atoms with Crippen molar-refractivity contribution in [3.8, 4) is 0 Å². The third-order valence-corrected chi connectivity index (χ3v) is 4.59. The Bertz CT molecular complexity index is 704. The van der Waals surface area contributed by atoms with E-state index in [1.807, 2.05) is 0 Å². The number of piperazine rings is 1. The molecule has 1 aliphatic rings. The van der Waals surface area contributed by atoms with Gasteiger partial charge in [0.1, 0.15) is 5.82 Å². The first-order valence-electron chi connectivity index (χ1n) is 9.47. The largest absolute Gasteiger partial charge is 0.452 e. The van der Waals surface area contributed by atoms with Gasteiger partial charge in [0.2, 0.25) is 0 Å². The van der Waals surface area contributed by atoms with E-state index in [2.05, 4.69) is 0 Å². The van der Waals surface area contributed by atoms with E-state index in [0.29, 0.717) is 44.8 Å². The van der Waals surface area contributed by atoms with Crippen LogP contribution in [-0.4, -0.2) is 66.7 Å². The zero-order chi connectivity index (χ0) is 20.7. The second-order valence-electron chi connectivity index (χ2n) is 6.83. The Labute approximate surface area is 164 Å². The van der Waals surface area contributed by atoms with Crippen LogP contribution in [0.25, 0.3) is 0 Å². The molecule has 2 rings (SSSR count). The molecule has 0 aromatic heterocycles. The summed E-state index contributed by atoms with van der Waals surface area (Å²) in [5.41, 5.74) is 0.693. The first kappa shape index (κ1) is 21.7. The Morgan fingerprint density at radius 1 is 1.11 bits per heavy atom. The fourth-order valence-corrected chi connectivity index (χ4v) is 3.02. The first-order valence-corrected chi connectivity index (χ1v) is 9.47. The maximum Gasteiger partial charge on any atom is 0.409 e. The monoisotopic (exact) mass is 394 g/mol. The highest BCUT2D eigenvalue weighted by Crippen LogP contribution is 2.14. The highest BCUT2D eigenvalue weighted by molar-refractivity contribution is 5.84. The minimum Gasteiger partial charge on any atom is -0.452 e. The predicted octanol–water partition coefficient (Wildman–Crippen LogP) is 2.24. The van der Waals surface area contributed by atoms with Gasteiger partial charge >= 0.3 is 12.1 Å². The maximum absolute atomic E-state index is 13.3. The van der Waals surface area contributed by atoms with Gasteiger partial charge in [-0.1, -0.05) is 19.1 Å². The van der Waals surface area contributed by atoms with Crippen LogP contribution in [0.1, 0.15) is 26.3 Å². The lowest BCUT2D eigenvalue weighted by Crippen LogP contribution is -2.53. The molecular formula is C20H27FN2O5. The fourth-order valence-electron chi connectivity index (χ4n) is 3.02. The number of hydrogen-bond acceptors (Lipinski definition) is 5. The summed E-state index contributed by atoms with van der Waals surface area (Å²) in [6.07, 6.45) is -0.979. The number of halogens is 1. The molecule has 2 amide bonds. The Balaban J connectivity index is 1.81. The third-order valence-electron chi connectivity index (χ3n) is 4.59. The predicted molar refractivity (Wildman–Crippen MR) is 100.0 cm³/mol. The van der Waals surface area contributed by atoms with E-state index >= 15 is 0 Å². The van der Waals surface area contributed by atoms with Crippen molar-refractivity contribution in [2.24, 2.45) is 5.92 Å². The van der Waals surface area contributed by atoms with E-state index in [9.17, 15) is 18.8 Å². The molecule has 0 spiro atoms. The minimum atomic E-state index is -0.920. The second-order valence-corrected chi connectivity index (χ2v) is 6.83. The first-order chi connectivity index (χ1) is 13.3. The molecule has 0 N–H and O–H groups in total. The number of ether oxygens (including phenoxy) is 2. The molecule has 1 aliphatic heterocycles. The summed E-state index contributed by atoms with van der Waals surface area (Å²) in [5.74, 6) is -1.66. The summed E-state index contributed by atoms with van der Waals surface area (Å²) in [6, 6.07) is 6.05. The van der Waals surface area contributed by atoms with Crippen molar-refractivity contribution in [1.82, 2.24) is 9.80 Å². The van der Waals surface area contributed by atoms with Gasteiger partial charge in [0.15, 0.2) is 6.10 Å². The molecule has 154 valence electrons. The van der Waals surface area contributed by atoms with E-state index in [-0.39, 0.29) is 17.8 Å². The number of carbonyl (C=O) groups is 3. The van der Waals surface area contributed by atoms with Gasteiger partial charge < -0.3 is 19.3 Å². The summed E-state index contributed by atoms with van der Waals surface area (Å²) < 4.78 is 23.5. The molecule has 1 aromatic rings. The fraction of sp³-hybridized carbons (Fsp3) is 0.550. The van der Waals surface area contributed by atoms with Crippen LogP contribution in [-0.2, 0) is 25.5 Å². The molecule has 0 radical (unpaired) electrons. The van der Waals surface area contributed by atoms with Crippen LogP contribution in [0.15, 0.2) is 24.3 Å². The van der Waals surface area contributed by atoms with Crippen molar-refractivity contribution in [3.63, 3.8) is 0 Å². The molecule has 0 saturated carbocycles. The summed E-state index contributed by atoms with van der Waals surface area (Å²) in [4.78, 5) is 39.6. The summed E-state index contributed by atoms with van der Waals surface area (Å²) >= 11 is 0. The average molecular weight is 394 g/mol. The van der Waals surface area contributed by atoms with Gasteiger partial charge in [-0.2, -0.15) is 0 Å². The Morgan fingerprint density at radius 3 is 2.36 bits per heavy atom. The summed E-state index contributed by atoms with van der Waals surface area (Å²) in [6.45, 7) is 6.73. The molecule has 7 nitrogen and oxygen atoms in total. The number of rotatable bonds is 6. The number of hydrogen-bond donors (Lipinski definition) is 0. The van der Waals surface area contributed by atoms with Crippen LogP contribution < -0.4 is 0 Å². The molecule has 8 heteroatoms. The molecule has 28 heavy (non-hydrogen) atoms. The Morgan fingerprint density at radius 2 is 1.75 bits per heavy atom. The molecule has 1 aromatic carbocycles. The smallest absolute Gasteiger partial charge is 0.409 e. The standard InChI is InChI=1S/C20H27FN2O5/c1-4-27-20(26)23-10-8-22(9-11-23)18(24)15(3)28-19(25)14(2)12-16-6-5-7-17(21)13-16/h5-7,13-15H,4,8-12H2,1-3H3.